The average Bonchev–Trinajstić information content (AvgIpc) is 3.44. The van der Waals surface area contributed by atoms with Crippen LogP contribution in [0.25, 0.3) is 11.0 Å². The summed E-state index contributed by atoms with van der Waals surface area (Å²) in [4.78, 5) is 20.7. The molecular formula is C27H29ClN6OS. The standard InChI is InChI=1S/C27H29ClN6OS/c1-17-26(29)27(16-35-17)9-11-34(12-10-27)22-14-31-23(15-30-22)36-20-8-7-19-25(24(20)28)33-21(32-19)13-18-5-3-2-4-6-18/h2-8,14-15,17,26H,9-13,16,29H2,1H3,(H,32,33)/t17-,26+/m0/s1. The lowest BCUT2D eigenvalue weighted by molar-refractivity contribution is 0.0974. The van der Waals surface area contributed by atoms with E-state index in [1.807, 2.05) is 42.7 Å². The molecule has 1 spiro atoms. The second kappa shape index (κ2) is 9.67. The number of piperidine rings is 1. The molecule has 0 unspecified atom stereocenters. The smallest absolute Gasteiger partial charge is 0.147 e. The maximum Gasteiger partial charge on any atom is 0.147 e. The quantitative estimate of drug-likeness (QED) is 0.379. The summed E-state index contributed by atoms with van der Waals surface area (Å²) in [5, 5.41) is 1.46. The van der Waals surface area contributed by atoms with E-state index in [2.05, 4.69) is 33.9 Å². The number of imidazole rings is 1. The number of H-pyrrole nitrogens is 1. The van der Waals surface area contributed by atoms with Crippen LogP contribution in [-0.2, 0) is 11.2 Å². The first-order valence-electron chi connectivity index (χ1n) is 12.3. The molecule has 2 aliphatic heterocycles. The number of benzene rings is 2. The summed E-state index contributed by atoms with van der Waals surface area (Å²) < 4.78 is 5.84. The highest BCUT2D eigenvalue weighted by atomic mass is 35.5. The zero-order valence-corrected chi connectivity index (χ0v) is 21.7. The molecule has 2 aromatic heterocycles. The molecule has 0 radical (unpaired) electrons. The van der Waals surface area contributed by atoms with E-state index in [0.717, 1.165) is 71.6 Å². The maximum absolute atomic E-state index is 6.77. The minimum atomic E-state index is 0.0994. The van der Waals surface area contributed by atoms with Crippen molar-refractivity contribution in [3.05, 3.63) is 71.3 Å². The van der Waals surface area contributed by atoms with Gasteiger partial charge in [-0.2, -0.15) is 0 Å². The Balaban J connectivity index is 1.13. The number of nitrogens with zero attached hydrogens (tertiary/aromatic N) is 4. The van der Waals surface area contributed by atoms with Crippen molar-refractivity contribution in [2.45, 2.75) is 48.3 Å². The van der Waals surface area contributed by atoms with E-state index in [0.29, 0.717) is 5.02 Å². The van der Waals surface area contributed by atoms with Gasteiger partial charge in [0.1, 0.15) is 16.7 Å². The van der Waals surface area contributed by atoms with Gasteiger partial charge in [0.25, 0.3) is 0 Å². The van der Waals surface area contributed by atoms with Gasteiger partial charge in [0.2, 0.25) is 0 Å². The van der Waals surface area contributed by atoms with E-state index in [4.69, 9.17) is 32.0 Å². The lowest BCUT2D eigenvalue weighted by Gasteiger charge is -2.41. The molecule has 0 bridgehead atoms. The fourth-order valence-electron chi connectivity index (χ4n) is 5.32. The minimum absolute atomic E-state index is 0.0994. The number of nitrogens with one attached hydrogen (secondary N) is 1. The molecule has 0 amide bonds. The number of aromatic amines is 1. The van der Waals surface area contributed by atoms with Crippen molar-refractivity contribution in [2.24, 2.45) is 11.1 Å². The Morgan fingerprint density at radius 3 is 2.64 bits per heavy atom. The van der Waals surface area contributed by atoms with Gasteiger partial charge in [-0.15, -0.1) is 0 Å². The molecule has 2 aliphatic rings. The molecule has 2 atom stereocenters. The largest absolute Gasteiger partial charge is 0.376 e. The summed E-state index contributed by atoms with van der Waals surface area (Å²) in [5.74, 6) is 1.79. The van der Waals surface area contributed by atoms with E-state index < -0.39 is 0 Å². The molecule has 0 aliphatic carbocycles. The van der Waals surface area contributed by atoms with Gasteiger partial charge < -0.3 is 20.4 Å². The number of hydrogen-bond acceptors (Lipinski definition) is 7. The SMILES string of the molecule is C[C@@H]1OCC2(CCN(c3cnc(Sc4ccc5nc(Cc6ccccc6)[nH]c5c4Cl)cn3)CC2)[C@@H]1N. The predicted molar refractivity (Wildman–Crippen MR) is 144 cm³/mol. The van der Waals surface area contributed by atoms with Crippen LogP contribution in [0.1, 0.15) is 31.2 Å². The number of hydrogen-bond donors (Lipinski definition) is 2. The topological polar surface area (TPSA) is 93.0 Å². The predicted octanol–water partition coefficient (Wildman–Crippen LogP) is 5.08. The van der Waals surface area contributed by atoms with E-state index in [1.165, 1.54) is 17.3 Å². The fraction of sp³-hybridized carbons (Fsp3) is 0.370. The molecule has 36 heavy (non-hydrogen) atoms. The highest BCUT2D eigenvalue weighted by Gasteiger charge is 2.47. The van der Waals surface area contributed by atoms with Crippen LogP contribution in [0.3, 0.4) is 0 Å². The van der Waals surface area contributed by atoms with Gasteiger partial charge in [0, 0.05) is 35.9 Å². The number of nitrogens with two attached hydrogens (primary N) is 1. The lowest BCUT2D eigenvalue weighted by atomic mass is 9.73. The highest BCUT2D eigenvalue weighted by molar-refractivity contribution is 7.99. The molecular weight excluding hydrogens is 492 g/mol. The Kier molecular flexibility index (Phi) is 6.37. The van der Waals surface area contributed by atoms with Gasteiger partial charge in [-0.25, -0.2) is 15.0 Å². The third-order valence-electron chi connectivity index (χ3n) is 7.58. The summed E-state index contributed by atoms with van der Waals surface area (Å²) in [5.41, 5.74) is 9.47. The Morgan fingerprint density at radius 2 is 1.94 bits per heavy atom. The number of aromatic nitrogens is 4. The molecule has 4 heterocycles. The van der Waals surface area contributed by atoms with Crippen LogP contribution in [-0.4, -0.2) is 51.8 Å². The van der Waals surface area contributed by atoms with Crippen molar-refractivity contribution in [1.29, 1.82) is 0 Å². The minimum Gasteiger partial charge on any atom is -0.376 e. The monoisotopic (exact) mass is 520 g/mol. The number of anilines is 1. The van der Waals surface area contributed by atoms with Crippen LogP contribution in [0.2, 0.25) is 5.02 Å². The highest BCUT2D eigenvalue weighted by Crippen LogP contribution is 2.42. The summed E-state index contributed by atoms with van der Waals surface area (Å²) in [6.07, 6.45) is 6.58. The Hall–Kier alpha value is -2.65. The Bertz CT molecular complexity index is 1350. The lowest BCUT2D eigenvalue weighted by Crippen LogP contribution is -2.50. The van der Waals surface area contributed by atoms with Crippen LogP contribution in [0, 0.1) is 5.41 Å². The molecule has 2 fully saturated rings. The second-order valence-corrected chi connectivity index (χ2v) is 11.3. The number of halogens is 1. The third-order valence-corrected chi connectivity index (χ3v) is 9.07. The molecule has 6 rings (SSSR count). The Morgan fingerprint density at radius 1 is 1.14 bits per heavy atom. The van der Waals surface area contributed by atoms with Crippen molar-refractivity contribution < 1.29 is 4.74 Å². The maximum atomic E-state index is 6.77. The molecule has 2 saturated heterocycles. The fourth-order valence-corrected chi connectivity index (χ4v) is 6.41. The van der Waals surface area contributed by atoms with Crippen LogP contribution in [0.5, 0.6) is 0 Å². The second-order valence-electron chi connectivity index (χ2n) is 9.82. The first-order valence-corrected chi connectivity index (χ1v) is 13.5. The molecule has 186 valence electrons. The van der Waals surface area contributed by atoms with Crippen molar-refractivity contribution in [2.75, 3.05) is 24.6 Å². The van der Waals surface area contributed by atoms with Crippen LogP contribution in [0.4, 0.5) is 5.82 Å². The normalized spacial score (nSPS) is 21.5. The van der Waals surface area contributed by atoms with Gasteiger partial charge in [-0.3, -0.25) is 0 Å². The molecule has 0 saturated carbocycles. The first kappa shape index (κ1) is 23.7. The Labute approximate surface area is 219 Å². The number of rotatable bonds is 5. The van der Waals surface area contributed by atoms with Crippen molar-refractivity contribution in [1.82, 2.24) is 19.9 Å². The number of fused-ring (bicyclic) bond motifs is 1. The van der Waals surface area contributed by atoms with Gasteiger partial charge in [-0.1, -0.05) is 53.7 Å². The van der Waals surface area contributed by atoms with E-state index in [9.17, 15) is 0 Å². The zero-order valence-electron chi connectivity index (χ0n) is 20.2. The van der Waals surface area contributed by atoms with E-state index in [1.54, 1.807) is 0 Å². The zero-order chi connectivity index (χ0) is 24.7. The molecule has 4 aromatic rings. The van der Waals surface area contributed by atoms with Crippen LogP contribution < -0.4 is 10.6 Å². The molecule has 3 N–H and O–H groups in total. The third kappa shape index (κ3) is 4.47. The first-order chi connectivity index (χ1) is 17.5. The van der Waals surface area contributed by atoms with E-state index in [-0.39, 0.29) is 17.6 Å². The van der Waals surface area contributed by atoms with Crippen molar-refractivity contribution in [3.63, 3.8) is 0 Å². The summed E-state index contributed by atoms with van der Waals surface area (Å²) in [7, 11) is 0. The molecule has 9 heteroatoms. The van der Waals surface area contributed by atoms with Crippen molar-refractivity contribution >= 4 is 40.2 Å². The summed E-state index contributed by atoms with van der Waals surface area (Å²) in [6, 6.07) is 14.4. The number of ether oxygens (including phenoxy) is 1. The van der Waals surface area contributed by atoms with Gasteiger partial charge in [-0.05, 0) is 37.5 Å². The van der Waals surface area contributed by atoms with Crippen LogP contribution >= 0.6 is 23.4 Å². The molecule has 7 nitrogen and oxygen atoms in total. The van der Waals surface area contributed by atoms with E-state index >= 15 is 0 Å². The average molecular weight is 521 g/mol. The van der Waals surface area contributed by atoms with Crippen molar-refractivity contribution in [3.8, 4) is 0 Å². The van der Waals surface area contributed by atoms with Gasteiger partial charge >= 0.3 is 0 Å². The van der Waals surface area contributed by atoms with Gasteiger partial charge in [0.05, 0.1) is 41.2 Å². The van der Waals surface area contributed by atoms with Gasteiger partial charge in [0.15, 0.2) is 0 Å². The van der Waals surface area contributed by atoms with Crippen LogP contribution in [0.15, 0.2) is 64.8 Å². The summed E-state index contributed by atoms with van der Waals surface area (Å²) >= 11 is 8.28. The summed E-state index contributed by atoms with van der Waals surface area (Å²) in [6.45, 7) is 4.67. The molecule has 2 aromatic carbocycles.